The van der Waals surface area contributed by atoms with Gasteiger partial charge in [-0.1, -0.05) is 45.5 Å². The van der Waals surface area contributed by atoms with E-state index in [-0.39, 0.29) is 34.0 Å². The van der Waals surface area contributed by atoms with Crippen LogP contribution in [0.2, 0.25) is 0 Å². The fraction of sp³-hybridized carbons (Fsp3) is 0.273. The quantitative estimate of drug-likeness (QED) is 0.194. The molecule has 0 spiro atoms. The van der Waals surface area contributed by atoms with Crippen molar-refractivity contribution in [2.45, 2.75) is 59.1 Å². The van der Waals surface area contributed by atoms with Gasteiger partial charge >= 0.3 is 5.97 Å². The Kier molecular flexibility index (Phi) is 8.61. The Hall–Kier alpha value is -5.12. The molecule has 0 aliphatic heterocycles. The highest BCUT2D eigenvalue weighted by atomic mass is 16.6. The van der Waals surface area contributed by atoms with Crippen molar-refractivity contribution in [1.82, 2.24) is 24.5 Å². The molecule has 43 heavy (non-hydrogen) atoms. The summed E-state index contributed by atoms with van der Waals surface area (Å²) in [5, 5.41) is -0.0480. The largest absolute Gasteiger partial charge is 0.457 e. The molecule has 2 N–H and O–H groups in total. The van der Waals surface area contributed by atoms with E-state index in [0.717, 1.165) is 5.69 Å². The van der Waals surface area contributed by atoms with Gasteiger partial charge in [0.25, 0.3) is 11.1 Å². The van der Waals surface area contributed by atoms with Gasteiger partial charge in [0, 0.05) is 40.2 Å². The minimum Gasteiger partial charge on any atom is -0.457 e. The fourth-order valence-electron chi connectivity index (χ4n) is 4.36. The van der Waals surface area contributed by atoms with Crippen LogP contribution in [-0.2, 0) is 21.5 Å². The molecule has 3 aromatic heterocycles. The second kappa shape index (κ2) is 12.0. The molecule has 10 nitrogen and oxygen atoms in total. The van der Waals surface area contributed by atoms with E-state index in [1.54, 1.807) is 63.4 Å². The number of pyridine rings is 1. The van der Waals surface area contributed by atoms with Crippen LogP contribution in [0.1, 0.15) is 74.4 Å². The minimum atomic E-state index is -0.780. The zero-order valence-corrected chi connectivity index (χ0v) is 25.1. The first-order valence-electron chi connectivity index (χ1n) is 13.7. The van der Waals surface area contributed by atoms with Crippen molar-refractivity contribution in [2.75, 3.05) is 0 Å². The first-order chi connectivity index (χ1) is 20.1. The highest BCUT2D eigenvalue weighted by molar-refractivity contribution is 6.09. The smallest absolute Gasteiger partial charge is 0.335 e. The van der Waals surface area contributed by atoms with E-state index in [9.17, 15) is 19.2 Å². The number of carbonyl (C=O) groups is 2. The van der Waals surface area contributed by atoms with E-state index >= 15 is 0 Å². The molecule has 4 aromatic rings. The van der Waals surface area contributed by atoms with E-state index in [1.165, 1.54) is 29.2 Å². The first kappa shape index (κ1) is 30.8. The topological polar surface area (TPSA) is 140 Å². The number of aromatic amines is 2. The Balaban J connectivity index is 1.90. The average Bonchev–Trinajstić information content (AvgIpc) is 3.41. The number of carbonyl (C=O) groups excluding carboxylic acids is 2. The van der Waals surface area contributed by atoms with Gasteiger partial charge < -0.3 is 14.7 Å². The second-order valence-corrected chi connectivity index (χ2v) is 12.1. The number of ketones is 1. The standard InChI is InChI=1S/C33H35N5O5/c1-20(31(42)43-33(5,6)7)18-38-26(15-21-10-8-11-22(14-21)27(39)23-12-9-13-34-17-23)29(40)37-25(30(38)41)16-24-28(32(2,3)4)36-19-35-24/h8-17,19H,1,18H2,2-7H3,(H,35,36)(H,37,40)/b25-16-,26-15-. The molecule has 0 radical (unpaired) electrons. The van der Waals surface area contributed by atoms with Crippen molar-refractivity contribution in [3.05, 3.63) is 127 Å². The van der Waals surface area contributed by atoms with E-state index in [1.807, 2.05) is 20.8 Å². The lowest BCUT2D eigenvalue weighted by atomic mass is 9.90. The predicted octanol–water partition coefficient (Wildman–Crippen LogP) is 2.74. The third-order valence-corrected chi connectivity index (χ3v) is 6.36. The monoisotopic (exact) mass is 581 g/mol. The minimum absolute atomic E-state index is 0.0149. The van der Waals surface area contributed by atoms with Crippen LogP contribution >= 0.6 is 0 Å². The lowest BCUT2D eigenvalue weighted by Crippen LogP contribution is -2.53. The summed E-state index contributed by atoms with van der Waals surface area (Å²) in [6, 6.07) is 9.99. The van der Waals surface area contributed by atoms with Crippen molar-refractivity contribution in [3.8, 4) is 0 Å². The van der Waals surface area contributed by atoms with E-state index in [4.69, 9.17) is 4.74 Å². The van der Waals surface area contributed by atoms with Crippen LogP contribution < -0.4 is 21.8 Å². The third kappa shape index (κ3) is 7.40. The van der Waals surface area contributed by atoms with E-state index in [2.05, 4.69) is 26.5 Å². The first-order valence-corrected chi connectivity index (χ1v) is 13.7. The van der Waals surface area contributed by atoms with E-state index < -0.39 is 22.7 Å². The Morgan fingerprint density at radius 3 is 2.40 bits per heavy atom. The fourth-order valence-corrected chi connectivity index (χ4v) is 4.36. The Morgan fingerprint density at radius 2 is 1.74 bits per heavy atom. The number of nitrogens with one attached hydrogen (secondary N) is 2. The number of ether oxygens (including phenoxy) is 1. The van der Waals surface area contributed by atoms with Crippen molar-refractivity contribution < 1.29 is 14.3 Å². The van der Waals surface area contributed by atoms with Gasteiger partial charge in [0.2, 0.25) is 0 Å². The van der Waals surface area contributed by atoms with Gasteiger partial charge in [0.1, 0.15) is 16.3 Å². The molecular formula is C33H35N5O5. The molecule has 0 fully saturated rings. The van der Waals surface area contributed by atoms with Crippen molar-refractivity contribution in [3.63, 3.8) is 0 Å². The Labute approximate surface area is 248 Å². The van der Waals surface area contributed by atoms with Crippen LogP contribution in [0.25, 0.3) is 12.2 Å². The molecule has 0 bridgehead atoms. The number of imidazole rings is 1. The Bertz CT molecular complexity index is 1930. The van der Waals surface area contributed by atoms with Crippen LogP contribution in [0, 0.1) is 0 Å². The molecule has 222 valence electrons. The zero-order valence-electron chi connectivity index (χ0n) is 25.1. The van der Waals surface area contributed by atoms with Gasteiger partial charge in [-0.15, -0.1) is 0 Å². The number of nitrogens with zero attached hydrogens (tertiary/aromatic N) is 3. The maximum absolute atomic E-state index is 13.9. The van der Waals surface area contributed by atoms with Crippen LogP contribution in [0.5, 0.6) is 0 Å². The molecule has 0 unspecified atom stereocenters. The molecule has 4 rings (SSSR count). The number of benzene rings is 1. The summed E-state index contributed by atoms with van der Waals surface area (Å²) in [4.78, 5) is 67.3. The molecule has 0 saturated heterocycles. The van der Waals surface area contributed by atoms with Gasteiger partial charge in [0.05, 0.1) is 18.6 Å². The molecule has 10 heteroatoms. The third-order valence-electron chi connectivity index (χ3n) is 6.36. The number of hydrogen-bond acceptors (Lipinski definition) is 7. The SMILES string of the molecule is C=C(Cn1c(=O)/c(=C/c2nc[nH]c2C(C)(C)C)[nH]c(=O)/c1=C/c1cccc(C(=O)c2cccnc2)c1)C(=O)OC(C)(C)C. The second-order valence-electron chi connectivity index (χ2n) is 12.1. The van der Waals surface area contributed by atoms with Gasteiger partial charge in [0.15, 0.2) is 5.78 Å². The summed E-state index contributed by atoms with van der Waals surface area (Å²) >= 11 is 0. The summed E-state index contributed by atoms with van der Waals surface area (Å²) in [5.74, 6) is -0.936. The number of hydrogen-bond donors (Lipinski definition) is 2. The average molecular weight is 582 g/mol. The number of aromatic nitrogens is 5. The number of esters is 1. The molecule has 0 aliphatic carbocycles. The summed E-state index contributed by atoms with van der Waals surface area (Å²) in [5.41, 5.74) is 0.310. The van der Waals surface area contributed by atoms with Crippen molar-refractivity contribution in [1.29, 1.82) is 0 Å². The van der Waals surface area contributed by atoms with Crippen LogP contribution in [-0.4, -0.2) is 41.9 Å². The number of rotatable bonds is 7. The molecule has 1 aromatic carbocycles. The number of H-pyrrole nitrogens is 2. The normalized spacial score (nSPS) is 12.8. The molecular weight excluding hydrogens is 546 g/mol. The Morgan fingerprint density at radius 1 is 1.02 bits per heavy atom. The van der Waals surface area contributed by atoms with Crippen LogP contribution in [0.15, 0.2) is 76.9 Å². The summed E-state index contributed by atoms with van der Waals surface area (Å²) < 4.78 is 6.61. The summed E-state index contributed by atoms with van der Waals surface area (Å²) in [6.45, 7) is 14.7. The predicted molar refractivity (Wildman–Crippen MR) is 164 cm³/mol. The van der Waals surface area contributed by atoms with Crippen LogP contribution in [0.4, 0.5) is 0 Å². The van der Waals surface area contributed by atoms with Gasteiger partial charge in [-0.05, 0) is 56.7 Å². The van der Waals surface area contributed by atoms with Gasteiger partial charge in [-0.3, -0.25) is 23.9 Å². The van der Waals surface area contributed by atoms with Crippen molar-refractivity contribution in [2.24, 2.45) is 0 Å². The molecule has 3 heterocycles. The summed E-state index contributed by atoms with van der Waals surface area (Å²) in [7, 11) is 0. The van der Waals surface area contributed by atoms with Crippen molar-refractivity contribution >= 4 is 23.9 Å². The zero-order chi connectivity index (χ0) is 31.5. The molecule has 0 aliphatic rings. The molecule has 0 atom stereocenters. The van der Waals surface area contributed by atoms with Gasteiger partial charge in [-0.2, -0.15) is 0 Å². The van der Waals surface area contributed by atoms with E-state index in [0.29, 0.717) is 22.4 Å². The molecule has 0 amide bonds. The van der Waals surface area contributed by atoms with Gasteiger partial charge in [-0.25, -0.2) is 9.78 Å². The summed E-state index contributed by atoms with van der Waals surface area (Å²) in [6.07, 6.45) is 7.57. The maximum Gasteiger partial charge on any atom is 0.335 e. The molecule has 0 saturated carbocycles. The lowest BCUT2D eigenvalue weighted by molar-refractivity contribution is -0.150. The highest BCUT2D eigenvalue weighted by Gasteiger charge is 2.21. The van der Waals surface area contributed by atoms with Crippen LogP contribution in [0.3, 0.4) is 0 Å². The maximum atomic E-state index is 13.9. The lowest BCUT2D eigenvalue weighted by Gasteiger charge is -2.20. The highest BCUT2D eigenvalue weighted by Crippen LogP contribution is 2.22.